The number of fused-ring (bicyclic) bond motifs is 1. The van der Waals surface area contributed by atoms with Gasteiger partial charge < -0.3 is 5.32 Å². The number of hydrogen-bond donors (Lipinski definition) is 1. The molecule has 3 rings (SSSR count). The van der Waals surface area contributed by atoms with E-state index in [-0.39, 0.29) is 0 Å². The number of rotatable bonds is 1. The lowest BCUT2D eigenvalue weighted by molar-refractivity contribution is 0.523. The van der Waals surface area contributed by atoms with Crippen molar-refractivity contribution in [2.45, 2.75) is 32.4 Å². The number of hydrogen-bond acceptors (Lipinski definition) is 1. The van der Waals surface area contributed by atoms with Crippen molar-refractivity contribution in [1.29, 1.82) is 0 Å². The summed E-state index contributed by atoms with van der Waals surface area (Å²) < 4.78 is 0. The molecular formula is C12H15N. The molecule has 1 aromatic rings. The molecule has 0 aromatic heterocycles. The van der Waals surface area contributed by atoms with Crippen molar-refractivity contribution < 1.29 is 0 Å². The number of aryl methyl sites for hydroxylation is 1. The van der Waals surface area contributed by atoms with Crippen molar-refractivity contribution in [3.8, 4) is 0 Å². The molecule has 1 N–H and O–H groups in total. The Balaban J connectivity index is 2.05. The lowest BCUT2D eigenvalue weighted by Gasteiger charge is -2.10. The van der Waals surface area contributed by atoms with Gasteiger partial charge in [0, 0.05) is 12.6 Å². The molecule has 1 aliphatic heterocycles. The summed E-state index contributed by atoms with van der Waals surface area (Å²) in [6, 6.07) is 7.38. The van der Waals surface area contributed by atoms with Gasteiger partial charge >= 0.3 is 0 Å². The van der Waals surface area contributed by atoms with E-state index in [0.29, 0.717) is 6.04 Å². The molecule has 1 atom stereocenters. The maximum absolute atomic E-state index is 3.62. The molecule has 68 valence electrons. The maximum Gasteiger partial charge on any atom is 0.0354 e. The summed E-state index contributed by atoms with van der Waals surface area (Å²) in [6.45, 7) is 3.30. The monoisotopic (exact) mass is 173 g/mol. The summed E-state index contributed by atoms with van der Waals surface area (Å²) in [7, 11) is 0. The first kappa shape index (κ1) is 7.57. The first-order valence-electron chi connectivity index (χ1n) is 5.18. The van der Waals surface area contributed by atoms with Gasteiger partial charge in [0.25, 0.3) is 0 Å². The Morgan fingerprint density at radius 2 is 2.15 bits per heavy atom. The van der Waals surface area contributed by atoms with E-state index in [9.17, 15) is 0 Å². The molecule has 1 aromatic carbocycles. The Morgan fingerprint density at radius 1 is 1.31 bits per heavy atom. The van der Waals surface area contributed by atoms with Gasteiger partial charge in [-0.15, -0.1) is 0 Å². The van der Waals surface area contributed by atoms with E-state index in [1.54, 1.807) is 11.1 Å². The zero-order chi connectivity index (χ0) is 8.84. The molecule has 1 fully saturated rings. The molecule has 0 radical (unpaired) electrons. The average Bonchev–Trinajstić information content (AvgIpc) is 2.87. The van der Waals surface area contributed by atoms with Crippen LogP contribution in [0, 0.1) is 12.8 Å². The second-order valence-electron chi connectivity index (χ2n) is 4.34. The minimum Gasteiger partial charge on any atom is -0.306 e. The van der Waals surface area contributed by atoms with Gasteiger partial charge in [0.15, 0.2) is 0 Å². The first-order chi connectivity index (χ1) is 6.36. The fourth-order valence-electron chi connectivity index (χ4n) is 2.43. The van der Waals surface area contributed by atoms with Crippen LogP contribution >= 0.6 is 0 Å². The summed E-state index contributed by atoms with van der Waals surface area (Å²) in [5.74, 6) is 0.933. The van der Waals surface area contributed by atoms with Crippen molar-refractivity contribution in [3.05, 3.63) is 34.9 Å². The molecule has 0 saturated heterocycles. The van der Waals surface area contributed by atoms with Gasteiger partial charge in [0.05, 0.1) is 0 Å². The van der Waals surface area contributed by atoms with Crippen LogP contribution in [0.3, 0.4) is 0 Å². The van der Waals surface area contributed by atoms with Crippen LogP contribution < -0.4 is 5.32 Å². The second-order valence-corrected chi connectivity index (χ2v) is 4.34. The van der Waals surface area contributed by atoms with Gasteiger partial charge in [0.1, 0.15) is 0 Å². The van der Waals surface area contributed by atoms with E-state index >= 15 is 0 Å². The average molecular weight is 173 g/mol. The normalized spacial score (nSPS) is 26.1. The predicted octanol–water partition coefficient (Wildman–Crippen LogP) is 2.55. The van der Waals surface area contributed by atoms with Crippen LogP contribution in [0.1, 0.15) is 35.6 Å². The molecule has 0 spiro atoms. The van der Waals surface area contributed by atoms with Crippen molar-refractivity contribution >= 4 is 0 Å². The third-order valence-electron chi connectivity index (χ3n) is 3.37. The summed E-state index contributed by atoms with van der Waals surface area (Å²) in [5.41, 5.74) is 4.58. The molecule has 1 saturated carbocycles. The molecule has 13 heavy (non-hydrogen) atoms. The Morgan fingerprint density at radius 3 is 2.92 bits per heavy atom. The summed E-state index contributed by atoms with van der Waals surface area (Å²) in [4.78, 5) is 0. The molecule has 0 amide bonds. The highest BCUT2D eigenvalue weighted by Gasteiger charge is 2.36. The van der Waals surface area contributed by atoms with E-state index in [4.69, 9.17) is 0 Å². The van der Waals surface area contributed by atoms with Crippen LogP contribution in [0.2, 0.25) is 0 Å². The third kappa shape index (κ3) is 1.11. The highest BCUT2D eigenvalue weighted by atomic mass is 15.0. The van der Waals surface area contributed by atoms with Crippen molar-refractivity contribution in [1.82, 2.24) is 5.32 Å². The van der Waals surface area contributed by atoms with E-state index in [0.717, 1.165) is 12.5 Å². The molecule has 2 aliphatic rings. The Kier molecular flexibility index (Phi) is 1.50. The fraction of sp³-hybridized carbons (Fsp3) is 0.500. The zero-order valence-corrected chi connectivity index (χ0v) is 8.01. The third-order valence-corrected chi connectivity index (χ3v) is 3.37. The molecule has 1 nitrogen and oxygen atoms in total. The Bertz CT molecular complexity index is 339. The topological polar surface area (TPSA) is 12.0 Å². The highest BCUT2D eigenvalue weighted by molar-refractivity contribution is 5.40. The minimum absolute atomic E-state index is 0.676. The number of benzene rings is 1. The summed E-state index contributed by atoms with van der Waals surface area (Å²) in [6.07, 6.45) is 2.84. The SMILES string of the molecule is Cc1cccc2c1CNC2C1CC1. The number of nitrogens with one attached hydrogen (secondary N) is 1. The van der Waals surface area contributed by atoms with Gasteiger partial charge in [-0.2, -0.15) is 0 Å². The van der Waals surface area contributed by atoms with Crippen LogP contribution in [0.5, 0.6) is 0 Å². The van der Waals surface area contributed by atoms with E-state index in [1.807, 2.05) is 0 Å². The molecule has 1 unspecified atom stereocenters. The maximum atomic E-state index is 3.62. The zero-order valence-electron chi connectivity index (χ0n) is 8.01. The molecular weight excluding hydrogens is 158 g/mol. The fourth-order valence-corrected chi connectivity index (χ4v) is 2.43. The highest BCUT2D eigenvalue weighted by Crippen LogP contribution is 2.44. The van der Waals surface area contributed by atoms with Crippen molar-refractivity contribution in [3.63, 3.8) is 0 Å². The summed E-state index contributed by atoms with van der Waals surface area (Å²) >= 11 is 0. The quantitative estimate of drug-likeness (QED) is 0.688. The molecule has 1 heteroatoms. The van der Waals surface area contributed by atoms with Crippen LogP contribution in [-0.4, -0.2) is 0 Å². The van der Waals surface area contributed by atoms with Gasteiger partial charge in [-0.3, -0.25) is 0 Å². The smallest absolute Gasteiger partial charge is 0.0354 e. The van der Waals surface area contributed by atoms with Crippen LogP contribution in [0.15, 0.2) is 18.2 Å². The van der Waals surface area contributed by atoms with Crippen LogP contribution in [0.25, 0.3) is 0 Å². The predicted molar refractivity (Wildman–Crippen MR) is 53.5 cm³/mol. The second kappa shape index (κ2) is 2.58. The standard InChI is InChI=1S/C12H15N/c1-8-3-2-4-10-11(8)7-13-12(10)9-5-6-9/h2-4,9,12-13H,5-7H2,1H3. The van der Waals surface area contributed by atoms with Gasteiger partial charge in [-0.25, -0.2) is 0 Å². The molecule has 1 heterocycles. The van der Waals surface area contributed by atoms with Gasteiger partial charge in [-0.05, 0) is 42.4 Å². The lowest BCUT2D eigenvalue weighted by Crippen LogP contribution is -2.13. The molecule has 1 aliphatic carbocycles. The largest absolute Gasteiger partial charge is 0.306 e. The van der Waals surface area contributed by atoms with E-state index in [1.165, 1.54) is 18.4 Å². The Labute approximate surface area is 79.2 Å². The van der Waals surface area contributed by atoms with Crippen molar-refractivity contribution in [2.75, 3.05) is 0 Å². The van der Waals surface area contributed by atoms with E-state index in [2.05, 4.69) is 30.4 Å². The molecule has 0 bridgehead atoms. The van der Waals surface area contributed by atoms with Gasteiger partial charge in [-0.1, -0.05) is 18.2 Å². The van der Waals surface area contributed by atoms with E-state index < -0.39 is 0 Å². The van der Waals surface area contributed by atoms with Gasteiger partial charge in [0.2, 0.25) is 0 Å². The lowest BCUT2D eigenvalue weighted by atomic mass is 9.98. The first-order valence-corrected chi connectivity index (χ1v) is 5.18. The Hall–Kier alpha value is -0.820. The van der Waals surface area contributed by atoms with Crippen LogP contribution in [-0.2, 0) is 6.54 Å². The minimum atomic E-state index is 0.676. The summed E-state index contributed by atoms with van der Waals surface area (Å²) in [5, 5.41) is 3.62. The van der Waals surface area contributed by atoms with Crippen molar-refractivity contribution in [2.24, 2.45) is 5.92 Å². The van der Waals surface area contributed by atoms with Crippen LogP contribution in [0.4, 0.5) is 0 Å².